The van der Waals surface area contributed by atoms with E-state index in [1.165, 1.54) is 32.0 Å². The number of hydrogen-bond donors (Lipinski definition) is 0. The lowest BCUT2D eigenvalue weighted by Gasteiger charge is -2.03. The predicted octanol–water partition coefficient (Wildman–Crippen LogP) is 6.95. The molecule has 0 fully saturated rings. The topological polar surface area (TPSA) is 0 Å². The van der Waals surface area contributed by atoms with Crippen LogP contribution in [0.25, 0.3) is 20.9 Å². The van der Waals surface area contributed by atoms with Gasteiger partial charge >= 0.3 is 0 Å². The van der Waals surface area contributed by atoms with Gasteiger partial charge in [0.15, 0.2) is 0 Å². The minimum atomic E-state index is 0.952. The third-order valence-corrected chi connectivity index (χ3v) is 5.37. The lowest BCUT2D eigenvalue weighted by Crippen LogP contribution is -1.89. The molecule has 0 aliphatic rings. The van der Waals surface area contributed by atoms with Gasteiger partial charge < -0.3 is 0 Å². The van der Waals surface area contributed by atoms with Crippen LogP contribution in [-0.2, 0) is 6.42 Å². The molecule has 0 spiro atoms. The summed E-state index contributed by atoms with van der Waals surface area (Å²) in [5, 5.41) is 0. The highest BCUT2D eigenvalue weighted by molar-refractivity contribution is 7.18. The first kappa shape index (κ1) is 15.7. The highest BCUT2D eigenvalue weighted by atomic mass is 32.1. The minimum Gasteiger partial charge on any atom is -0.0622 e. The van der Waals surface area contributed by atoms with Crippen molar-refractivity contribution in [2.24, 2.45) is 0 Å². The van der Waals surface area contributed by atoms with Crippen molar-refractivity contribution in [2.75, 3.05) is 0 Å². The highest BCUT2D eigenvalue weighted by Crippen LogP contribution is 2.34. The van der Waals surface area contributed by atoms with Crippen LogP contribution in [0.1, 0.15) is 11.1 Å². The van der Waals surface area contributed by atoms with Crippen LogP contribution in [-0.4, -0.2) is 0 Å². The molecule has 0 aliphatic carbocycles. The molecule has 0 amide bonds. The molecule has 4 aromatic rings. The lowest BCUT2D eigenvalue weighted by atomic mass is 10.0. The summed E-state index contributed by atoms with van der Waals surface area (Å²) in [6.45, 7) is 0. The smallest absolute Gasteiger partial charge is 0.0622 e. The molecular weight excluding hydrogens is 320 g/mol. The van der Waals surface area contributed by atoms with Gasteiger partial charge in [0.2, 0.25) is 21.1 Å². The number of benzene rings is 3. The maximum Gasteiger partial charge on any atom is 0.239 e. The van der Waals surface area contributed by atoms with E-state index in [1.807, 2.05) is 11.3 Å². The van der Waals surface area contributed by atoms with E-state index in [0.29, 0.717) is 0 Å². The molecule has 1 aromatic heterocycles. The van der Waals surface area contributed by atoms with Crippen LogP contribution in [0, 0.1) is 0 Å². The molecule has 120 valence electrons. The lowest BCUT2D eigenvalue weighted by molar-refractivity contribution is 1.20. The number of hydrogen-bond acceptors (Lipinski definition) is 0. The molecule has 0 radical (unpaired) electrons. The second-order valence-electron chi connectivity index (χ2n) is 6.09. The quantitative estimate of drug-likeness (QED) is 0.353. The monoisotopic (exact) mass is 339 g/mol. The van der Waals surface area contributed by atoms with Crippen LogP contribution in [0.2, 0.25) is 0 Å². The zero-order valence-electron chi connectivity index (χ0n) is 13.9. The van der Waals surface area contributed by atoms with Gasteiger partial charge in [-0.1, -0.05) is 66.7 Å². The van der Waals surface area contributed by atoms with Gasteiger partial charge in [0.25, 0.3) is 0 Å². The van der Waals surface area contributed by atoms with Crippen LogP contribution in [0.15, 0.2) is 103 Å². The van der Waals surface area contributed by atoms with Crippen molar-refractivity contribution < 1.29 is 0 Å². The highest BCUT2D eigenvalue weighted by Gasteiger charge is 2.18. The van der Waals surface area contributed by atoms with Crippen LogP contribution < -0.4 is 0 Å². The Morgan fingerprint density at radius 2 is 0.920 bits per heavy atom. The van der Waals surface area contributed by atoms with Crippen LogP contribution in [0.5, 0.6) is 0 Å². The molecule has 3 aromatic carbocycles. The van der Waals surface area contributed by atoms with Crippen molar-refractivity contribution in [3.8, 4) is 20.9 Å². The van der Waals surface area contributed by atoms with Gasteiger partial charge in [-0.05, 0) is 41.8 Å². The van der Waals surface area contributed by atoms with Crippen molar-refractivity contribution >= 4 is 11.3 Å². The van der Waals surface area contributed by atoms with Crippen molar-refractivity contribution in [3.63, 3.8) is 0 Å². The van der Waals surface area contributed by atoms with Gasteiger partial charge in [-0.25, -0.2) is 0 Å². The summed E-state index contributed by atoms with van der Waals surface area (Å²) in [5.41, 5.74) is 5.25. The molecule has 1 heteroatoms. The second-order valence-corrected chi connectivity index (χ2v) is 7.17. The Kier molecular flexibility index (Phi) is 4.67. The van der Waals surface area contributed by atoms with Gasteiger partial charge in [0, 0.05) is 23.3 Å². The van der Waals surface area contributed by atoms with Gasteiger partial charge in [0.1, 0.15) is 0 Å². The first-order valence-electron chi connectivity index (χ1n) is 8.50. The van der Waals surface area contributed by atoms with E-state index in [2.05, 4.69) is 103 Å². The predicted molar refractivity (Wildman–Crippen MR) is 109 cm³/mol. The Balaban J connectivity index is 1.80. The van der Waals surface area contributed by atoms with Gasteiger partial charge in [-0.3, -0.25) is 0 Å². The van der Waals surface area contributed by atoms with Crippen LogP contribution >= 0.6 is 11.3 Å². The molecule has 0 saturated heterocycles. The van der Waals surface area contributed by atoms with Crippen LogP contribution in [0.3, 0.4) is 0 Å². The van der Waals surface area contributed by atoms with Crippen molar-refractivity contribution in [1.82, 2.24) is 0 Å². The number of rotatable bonds is 4. The molecule has 0 bridgehead atoms. The summed E-state index contributed by atoms with van der Waals surface area (Å²) in [7, 11) is 0. The third kappa shape index (κ3) is 3.84. The maximum atomic E-state index is 2.33. The molecule has 0 saturated carbocycles. The standard InChI is InChI=1S/C24H19S/c1-4-10-19(11-5-1)16-20-17-23(21-12-6-2-7-13-21)25-24(18-20)22-14-8-3-9-15-22/h1-15,17-18H,16H2/q+1. The fourth-order valence-electron chi connectivity index (χ4n) is 2.98. The summed E-state index contributed by atoms with van der Waals surface area (Å²) >= 11 is 1.85. The fourth-order valence-corrected chi connectivity index (χ4v) is 4.14. The molecule has 0 nitrogen and oxygen atoms in total. The van der Waals surface area contributed by atoms with E-state index in [0.717, 1.165) is 6.42 Å². The second kappa shape index (κ2) is 7.42. The Morgan fingerprint density at radius 3 is 1.40 bits per heavy atom. The molecule has 0 atom stereocenters. The first-order valence-corrected chi connectivity index (χ1v) is 9.32. The van der Waals surface area contributed by atoms with Crippen molar-refractivity contribution in [1.29, 1.82) is 0 Å². The van der Waals surface area contributed by atoms with Gasteiger partial charge in [-0.2, -0.15) is 0 Å². The van der Waals surface area contributed by atoms with E-state index in [1.54, 1.807) is 0 Å². The fraction of sp³-hybridized carbons (Fsp3) is 0.0417. The molecule has 1 heterocycles. The zero-order chi connectivity index (χ0) is 16.9. The Morgan fingerprint density at radius 1 is 0.480 bits per heavy atom. The molecule has 0 aliphatic heterocycles. The van der Waals surface area contributed by atoms with Crippen LogP contribution in [0.4, 0.5) is 0 Å². The Labute approximate surface area is 153 Å². The molecule has 4 rings (SSSR count). The summed E-state index contributed by atoms with van der Waals surface area (Å²) in [6, 6.07) is 36.7. The van der Waals surface area contributed by atoms with Gasteiger partial charge in [0.05, 0.1) is 0 Å². The minimum absolute atomic E-state index is 0.952. The maximum absolute atomic E-state index is 2.33. The molecule has 0 N–H and O–H groups in total. The Bertz CT molecular complexity index is 887. The zero-order valence-corrected chi connectivity index (χ0v) is 14.7. The third-order valence-electron chi connectivity index (χ3n) is 4.22. The average molecular weight is 339 g/mol. The van der Waals surface area contributed by atoms with E-state index in [-0.39, 0.29) is 0 Å². The van der Waals surface area contributed by atoms with E-state index in [9.17, 15) is 0 Å². The van der Waals surface area contributed by atoms with E-state index < -0.39 is 0 Å². The summed E-state index contributed by atoms with van der Waals surface area (Å²) in [5.74, 6) is 0. The normalized spacial score (nSPS) is 10.6. The van der Waals surface area contributed by atoms with E-state index in [4.69, 9.17) is 0 Å². The average Bonchev–Trinajstić information content (AvgIpc) is 2.70. The van der Waals surface area contributed by atoms with Gasteiger partial charge in [-0.15, -0.1) is 0 Å². The largest absolute Gasteiger partial charge is 0.239 e. The van der Waals surface area contributed by atoms with Crippen molar-refractivity contribution in [2.45, 2.75) is 6.42 Å². The first-order chi connectivity index (χ1) is 12.4. The summed E-state index contributed by atoms with van der Waals surface area (Å²) < 4.78 is 0. The SMILES string of the molecule is c1ccc(Cc2cc(-c3ccccc3)[s+]c(-c3ccccc3)c2)cc1. The molecule has 25 heavy (non-hydrogen) atoms. The van der Waals surface area contributed by atoms with E-state index >= 15 is 0 Å². The molecule has 0 unspecified atom stereocenters. The molecular formula is C24H19S+. The Hall–Kier alpha value is -2.77. The summed E-state index contributed by atoms with van der Waals surface area (Å²) in [6.07, 6.45) is 0.952. The van der Waals surface area contributed by atoms with Crippen molar-refractivity contribution in [3.05, 3.63) is 114 Å². The summed E-state index contributed by atoms with van der Waals surface area (Å²) in [4.78, 5) is 2.63.